The summed E-state index contributed by atoms with van der Waals surface area (Å²) in [7, 11) is 0. The first-order chi connectivity index (χ1) is 13.7. The Bertz CT molecular complexity index is 894. The number of ether oxygens (including phenoxy) is 1. The first-order valence-corrected chi connectivity index (χ1v) is 9.10. The van der Waals surface area contributed by atoms with Gasteiger partial charge in [0.05, 0.1) is 0 Å². The van der Waals surface area contributed by atoms with Crippen molar-refractivity contribution in [3.05, 3.63) is 90.5 Å². The maximum atomic E-state index is 12.2. The van der Waals surface area contributed by atoms with Gasteiger partial charge in [-0.25, -0.2) is 0 Å². The predicted molar refractivity (Wildman–Crippen MR) is 109 cm³/mol. The number of nitrogens with one attached hydrogen (secondary N) is 2. The van der Waals surface area contributed by atoms with Crippen molar-refractivity contribution >= 4 is 11.8 Å². The minimum atomic E-state index is -0.231. The first kappa shape index (κ1) is 19.2. The van der Waals surface area contributed by atoms with E-state index in [1.165, 1.54) is 0 Å². The molecule has 0 aliphatic rings. The summed E-state index contributed by atoms with van der Waals surface area (Å²) in [4.78, 5) is 24.0. The highest BCUT2D eigenvalue weighted by molar-refractivity contribution is 5.94. The van der Waals surface area contributed by atoms with Gasteiger partial charge in [-0.1, -0.05) is 60.7 Å². The van der Waals surface area contributed by atoms with E-state index in [1.54, 1.807) is 24.3 Å². The van der Waals surface area contributed by atoms with Gasteiger partial charge in [-0.05, 0) is 35.4 Å². The monoisotopic (exact) mass is 374 g/mol. The molecule has 0 saturated carbocycles. The lowest BCUT2D eigenvalue weighted by Gasteiger charge is -2.09. The maximum Gasteiger partial charge on any atom is 0.258 e. The zero-order valence-electron chi connectivity index (χ0n) is 15.4. The molecule has 0 atom stereocenters. The molecule has 0 unspecified atom stereocenters. The summed E-state index contributed by atoms with van der Waals surface area (Å²) in [5.74, 6) is 0.240. The Kier molecular flexibility index (Phi) is 6.79. The van der Waals surface area contributed by atoms with E-state index < -0.39 is 0 Å². The van der Waals surface area contributed by atoms with Gasteiger partial charge in [0.25, 0.3) is 11.8 Å². The van der Waals surface area contributed by atoms with E-state index in [0.29, 0.717) is 24.4 Å². The van der Waals surface area contributed by atoms with Gasteiger partial charge in [-0.2, -0.15) is 0 Å². The molecule has 2 amide bonds. The summed E-state index contributed by atoms with van der Waals surface area (Å²) in [6.45, 7) is 0.625. The molecule has 3 rings (SSSR count). The Balaban J connectivity index is 1.38. The largest absolute Gasteiger partial charge is 0.484 e. The van der Waals surface area contributed by atoms with Crippen molar-refractivity contribution in [2.45, 2.75) is 0 Å². The number of amides is 2. The third-order valence-corrected chi connectivity index (χ3v) is 4.10. The molecule has 28 heavy (non-hydrogen) atoms. The molecule has 2 N–H and O–H groups in total. The fraction of sp³-hybridized carbons (Fsp3) is 0.130. The minimum Gasteiger partial charge on any atom is -0.484 e. The lowest BCUT2D eigenvalue weighted by Crippen LogP contribution is -2.36. The van der Waals surface area contributed by atoms with E-state index in [1.807, 2.05) is 60.7 Å². The number of carbonyl (C=O) groups excluding carboxylic acids is 2. The number of benzene rings is 3. The fourth-order valence-corrected chi connectivity index (χ4v) is 2.64. The van der Waals surface area contributed by atoms with Crippen LogP contribution in [0.1, 0.15) is 10.4 Å². The normalized spacial score (nSPS) is 10.1. The molecule has 3 aromatic rings. The number of carbonyl (C=O) groups is 2. The molecule has 0 heterocycles. The van der Waals surface area contributed by atoms with E-state index in [-0.39, 0.29) is 18.4 Å². The van der Waals surface area contributed by atoms with Gasteiger partial charge in [-0.3, -0.25) is 9.59 Å². The van der Waals surface area contributed by atoms with Crippen molar-refractivity contribution in [2.24, 2.45) is 0 Å². The summed E-state index contributed by atoms with van der Waals surface area (Å²) in [5, 5.41) is 5.50. The van der Waals surface area contributed by atoms with Crippen molar-refractivity contribution in [1.29, 1.82) is 0 Å². The molecule has 0 aliphatic heterocycles. The molecule has 0 spiro atoms. The van der Waals surface area contributed by atoms with Crippen LogP contribution in [0.4, 0.5) is 0 Å². The summed E-state index contributed by atoms with van der Waals surface area (Å²) < 4.78 is 5.36. The van der Waals surface area contributed by atoms with Gasteiger partial charge in [0.15, 0.2) is 6.61 Å². The van der Waals surface area contributed by atoms with Crippen LogP contribution in [0.2, 0.25) is 0 Å². The molecular weight excluding hydrogens is 352 g/mol. The van der Waals surface area contributed by atoms with Crippen LogP contribution in [-0.4, -0.2) is 31.5 Å². The van der Waals surface area contributed by atoms with Crippen LogP contribution >= 0.6 is 0 Å². The molecule has 0 radical (unpaired) electrons. The van der Waals surface area contributed by atoms with Crippen LogP contribution in [-0.2, 0) is 4.79 Å². The highest BCUT2D eigenvalue weighted by Gasteiger charge is 2.06. The Morgan fingerprint density at radius 3 is 1.93 bits per heavy atom. The maximum absolute atomic E-state index is 12.2. The molecule has 0 aliphatic carbocycles. The highest BCUT2D eigenvalue weighted by Crippen LogP contribution is 2.19. The number of hydrogen-bond donors (Lipinski definition) is 2. The molecule has 5 heteroatoms. The molecule has 5 nitrogen and oxygen atoms in total. The van der Waals surface area contributed by atoms with Gasteiger partial charge in [0, 0.05) is 18.7 Å². The van der Waals surface area contributed by atoms with Crippen molar-refractivity contribution < 1.29 is 14.3 Å². The molecule has 0 saturated heterocycles. The molecule has 142 valence electrons. The van der Waals surface area contributed by atoms with Crippen molar-refractivity contribution in [2.75, 3.05) is 19.7 Å². The zero-order chi connectivity index (χ0) is 19.6. The highest BCUT2D eigenvalue weighted by atomic mass is 16.5. The summed E-state index contributed by atoms with van der Waals surface area (Å²) in [5.41, 5.74) is 2.75. The van der Waals surface area contributed by atoms with E-state index in [0.717, 1.165) is 11.1 Å². The minimum absolute atomic E-state index is 0.0566. The molecule has 3 aromatic carbocycles. The van der Waals surface area contributed by atoms with Crippen molar-refractivity contribution in [3.63, 3.8) is 0 Å². The Labute approximate surface area is 164 Å². The van der Waals surface area contributed by atoms with Crippen LogP contribution in [0.3, 0.4) is 0 Å². The van der Waals surface area contributed by atoms with Crippen LogP contribution in [0.25, 0.3) is 11.1 Å². The quantitative estimate of drug-likeness (QED) is 0.595. The van der Waals surface area contributed by atoms with E-state index in [9.17, 15) is 9.59 Å². The average molecular weight is 374 g/mol. The number of rotatable bonds is 8. The summed E-state index contributed by atoms with van der Waals surface area (Å²) >= 11 is 0. The van der Waals surface area contributed by atoms with Crippen LogP contribution in [0.15, 0.2) is 84.9 Å². The van der Waals surface area contributed by atoms with E-state index in [4.69, 9.17) is 4.74 Å². The van der Waals surface area contributed by atoms with Gasteiger partial charge >= 0.3 is 0 Å². The van der Waals surface area contributed by atoms with Gasteiger partial charge < -0.3 is 15.4 Å². The SMILES string of the molecule is O=C(COc1ccccc1)NCCNC(=O)c1ccc(-c2ccccc2)cc1. The first-order valence-electron chi connectivity index (χ1n) is 9.10. The standard InChI is InChI=1S/C23H22N2O3/c26-22(17-28-21-9-5-2-6-10-21)24-15-16-25-23(27)20-13-11-19(12-14-20)18-7-3-1-4-8-18/h1-14H,15-17H2,(H,24,26)(H,25,27). The van der Waals surface area contributed by atoms with E-state index in [2.05, 4.69) is 10.6 Å². The summed E-state index contributed by atoms with van der Waals surface area (Å²) in [6.07, 6.45) is 0. The Hall–Kier alpha value is -3.60. The van der Waals surface area contributed by atoms with Crippen molar-refractivity contribution in [3.8, 4) is 16.9 Å². The molecule has 0 bridgehead atoms. The second-order valence-electron chi connectivity index (χ2n) is 6.15. The van der Waals surface area contributed by atoms with Gasteiger partial charge in [-0.15, -0.1) is 0 Å². The predicted octanol–water partition coefficient (Wildman–Crippen LogP) is 3.28. The number of para-hydroxylation sites is 1. The van der Waals surface area contributed by atoms with Crippen molar-refractivity contribution in [1.82, 2.24) is 10.6 Å². The zero-order valence-corrected chi connectivity index (χ0v) is 15.4. The molecule has 0 aromatic heterocycles. The lowest BCUT2D eigenvalue weighted by atomic mass is 10.0. The Morgan fingerprint density at radius 1 is 0.679 bits per heavy atom. The summed E-state index contributed by atoms with van der Waals surface area (Å²) in [6, 6.07) is 26.6. The average Bonchev–Trinajstić information content (AvgIpc) is 2.76. The van der Waals surface area contributed by atoms with E-state index >= 15 is 0 Å². The van der Waals surface area contributed by atoms with Gasteiger partial charge in [0.1, 0.15) is 5.75 Å². The lowest BCUT2D eigenvalue weighted by molar-refractivity contribution is -0.123. The Morgan fingerprint density at radius 2 is 1.25 bits per heavy atom. The molecule has 0 fully saturated rings. The van der Waals surface area contributed by atoms with Crippen LogP contribution < -0.4 is 15.4 Å². The van der Waals surface area contributed by atoms with Crippen LogP contribution in [0.5, 0.6) is 5.75 Å². The number of hydrogen-bond acceptors (Lipinski definition) is 3. The molecular formula is C23H22N2O3. The second-order valence-corrected chi connectivity index (χ2v) is 6.15. The second kappa shape index (κ2) is 9.92. The smallest absolute Gasteiger partial charge is 0.258 e. The van der Waals surface area contributed by atoms with Gasteiger partial charge in [0.2, 0.25) is 0 Å². The third-order valence-electron chi connectivity index (χ3n) is 4.10. The topological polar surface area (TPSA) is 67.4 Å². The third kappa shape index (κ3) is 5.71. The fourth-order valence-electron chi connectivity index (χ4n) is 2.64. The van der Waals surface area contributed by atoms with Crippen LogP contribution in [0, 0.1) is 0 Å².